The van der Waals surface area contributed by atoms with Gasteiger partial charge in [-0.2, -0.15) is 0 Å². The van der Waals surface area contributed by atoms with Crippen molar-refractivity contribution in [2.24, 2.45) is 0 Å². The van der Waals surface area contributed by atoms with Gasteiger partial charge in [0.05, 0.1) is 11.9 Å². The first kappa shape index (κ1) is 14.8. The normalized spacial score (nSPS) is 13.3. The molecule has 1 atom stereocenters. The predicted octanol–water partition coefficient (Wildman–Crippen LogP) is 1.79. The molecule has 1 aromatic carbocycles. The van der Waals surface area contributed by atoms with Gasteiger partial charge in [-0.15, -0.1) is 0 Å². The fourth-order valence-corrected chi connectivity index (χ4v) is 2.93. The number of hydrogen-bond acceptors (Lipinski definition) is 4. The molecule has 0 saturated carbocycles. The Morgan fingerprint density at radius 3 is 2.28 bits per heavy atom. The zero-order chi connectivity index (χ0) is 13.9. The third-order valence-electron chi connectivity index (χ3n) is 2.62. The van der Waals surface area contributed by atoms with E-state index in [-0.39, 0.29) is 17.6 Å². The average molecular weight is 273 g/mol. The number of rotatable bonds is 5. The number of ether oxygens (including phenoxy) is 1. The van der Waals surface area contributed by atoms with E-state index in [0.717, 1.165) is 0 Å². The molecule has 0 aliphatic carbocycles. The molecule has 0 saturated heterocycles. The molecule has 0 aliphatic rings. The molecule has 0 radical (unpaired) electrons. The van der Waals surface area contributed by atoms with Crippen molar-refractivity contribution < 1.29 is 18.3 Å². The molecule has 5 nitrogen and oxygen atoms in total. The first-order valence-electron chi connectivity index (χ1n) is 5.58. The van der Waals surface area contributed by atoms with Crippen molar-refractivity contribution in [3.8, 4) is 5.75 Å². The van der Waals surface area contributed by atoms with Crippen LogP contribution in [0.4, 0.5) is 5.69 Å². The Bertz CT molecular complexity index is 502. The molecule has 1 rings (SSSR count). The molecular formula is C12H19NO4S. The van der Waals surface area contributed by atoms with Crippen LogP contribution < -0.4 is 4.72 Å². The highest BCUT2D eigenvalue weighted by atomic mass is 32.2. The van der Waals surface area contributed by atoms with E-state index in [2.05, 4.69) is 4.72 Å². The first-order valence-corrected chi connectivity index (χ1v) is 7.24. The summed E-state index contributed by atoms with van der Waals surface area (Å²) in [7, 11) is -1.98. The summed E-state index contributed by atoms with van der Waals surface area (Å²) in [6.07, 6.45) is -0.373. The lowest BCUT2D eigenvalue weighted by molar-refractivity contribution is 0.136. The molecule has 0 aromatic heterocycles. The second kappa shape index (κ2) is 5.58. The number of aryl methyl sites for hydroxylation is 2. The number of methoxy groups -OCH3 is 1. The van der Waals surface area contributed by atoms with Crippen LogP contribution in [0.25, 0.3) is 0 Å². The Balaban J connectivity index is 2.91. The highest BCUT2D eigenvalue weighted by molar-refractivity contribution is 7.92. The zero-order valence-corrected chi connectivity index (χ0v) is 11.8. The van der Waals surface area contributed by atoms with Crippen LogP contribution in [0.15, 0.2) is 12.1 Å². The quantitative estimate of drug-likeness (QED) is 0.802. The minimum Gasteiger partial charge on any atom is -0.507 e. The number of sulfonamides is 1. The number of anilines is 1. The molecule has 2 N–H and O–H groups in total. The smallest absolute Gasteiger partial charge is 0.235 e. The van der Waals surface area contributed by atoms with Gasteiger partial charge in [-0.05, 0) is 44.0 Å². The molecule has 0 amide bonds. The van der Waals surface area contributed by atoms with E-state index in [0.29, 0.717) is 16.8 Å². The summed E-state index contributed by atoms with van der Waals surface area (Å²) >= 11 is 0. The lowest BCUT2D eigenvalue weighted by atomic mass is 10.1. The largest absolute Gasteiger partial charge is 0.507 e. The van der Waals surface area contributed by atoms with Gasteiger partial charge in [-0.25, -0.2) is 8.42 Å². The minimum atomic E-state index is -3.45. The van der Waals surface area contributed by atoms with Crippen LogP contribution in [0.2, 0.25) is 0 Å². The second-order valence-electron chi connectivity index (χ2n) is 4.39. The predicted molar refractivity (Wildman–Crippen MR) is 71.5 cm³/mol. The highest BCUT2D eigenvalue weighted by Gasteiger charge is 2.16. The first-order chi connectivity index (χ1) is 8.25. The van der Waals surface area contributed by atoms with Gasteiger partial charge in [0, 0.05) is 12.8 Å². The summed E-state index contributed by atoms with van der Waals surface area (Å²) in [6.45, 7) is 5.13. The van der Waals surface area contributed by atoms with Crippen molar-refractivity contribution in [2.75, 3.05) is 17.6 Å². The standard InChI is InChI=1S/C12H19NO4S/c1-8-5-11(6-9(2)12(8)14)13-18(15,16)7-10(3)17-4/h5-6,10,13-14H,7H2,1-4H3. The monoisotopic (exact) mass is 273 g/mol. The van der Waals surface area contributed by atoms with Crippen molar-refractivity contribution >= 4 is 15.7 Å². The van der Waals surface area contributed by atoms with Crippen molar-refractivity contribution in [3.63, 3.8) is 0 Å². The molecule has 1 unspecified atom stereocenters. The van der Waals surface area contributed by atoms with E-state index >= 15 is 0 Å². The number of aromatic hydroxyl groups is 1. The number of benzene rings is 1. The summed E-state index contributed by atoms with van der Waals surface area (Å²) in [5, 5.41) is 9.62. The molecule has 0 aliphatic heterocycles. The number of nitrogens with one attached hydrogen (secondary N) is 1. The van der Waals surface area contributed by atoms with E-state index < -0.39 is 10.0 Å². The second-order valence-corrected chi connectivity index (χ2v) is 6.16. The van der Waals surface area contributed by atoms with E-state index in [4.69, 9.17) is 4.74 Å². The van der Waals surface area contributed by atoms with Crippen LogP contribution in [0, 0.1) is 13.8 Å². The van der Waals surface area contributed by atoms with Gasteiger partial charge in [-0.3, -0.25) is 4.72 Å². The summed E-state index contributed by atoms with van der Waals surface area (Å²) in [5.41, 5.74) is 1.71. The lowest BCUT2D eigenvalue weighted by Gasteiger charge is -2.13. The summed E-state index contributed by atoms with van der Waals surface area (Å²) in [5.74, 6) is 0.0749. The van der Waals surface area contributed by atoms with Gasteiger partial charge in [-0.1, -0.05) is 0 Å². The minimum absolute atomic E-state index is 0.109. The van der Waals surface area contributed by atoms with E-state index in [1.165, 1.54) is 7.11 Å². The Labute approximate surface area is 108 Å². The zero-order valence-electron chi connectivity index (χ0n) is 11.0. The fraction of sp³-hybridized carbons (Fsp3) is 0.500. The summed E-state index contributed by atoms with van der Waals surface area (Å²) in [4.78, 5) is 0. The SMILES string of the molecule is COC(C)CS(=O)(=O)Nc1cc(C)c(O)c(C)c1. The van der Waals surface area contributed by atoms with E-state index in [1.807, 2.05) is 0 Å². The van der Waals surface area contributed by atoms with Crippen molar-refractivity contribution in [1.82, 2.24) is 0 Å². The van der Waals surface area contributed by atoms with Gasteiger partial charge < -0.3 is 9.84 Å². The van der Waals surface area contributed by atoms with Crippen molar-refractivity contribution in [3.05, 3.63) is 23.3 Å². The van der Waals surface area contributed by atoms with Crippen LogP contribution in [0.1, 0.15) is 18.1 Å². The maximum absolute atomic E-state index is 11.8. The molecule has 6 heteroatoms. The van der Waals surface area contributed by atoms with Crippen LogP contribution in [-0.4, -0.2) is 32.5 Å². The molecule has 0 heterocycles. The van der Waals surface area contributed by atoms with Gasteiger partial charge >= 0.3 is 0 Å². The summed E-state index contributed by atoms with van der Waals surface area (Å²) in [6, 6.07) is 3.19. The van der Waals surface area contributed by atoms with Crippen molar-refractivity contribution in [1.29, 1.82) is 0 Å². The molecule has 0 spiro atoms. The van der Waals surface area contributed by atoms with Crippen LogP contribution >= 0.6 is 0 Å². The van der Waals surface area contributed by atoms with Gasteiger partial charge in [0.2, 0.25) is 10.0 Å². The fourth-order valence-electron chi connectivity index (χ4n) is 1.61. The number of phenols is 1. The van der Waals surface area contributed by atoms with Gasteiger partial charge in [0.25, 0.3) is 0 Å². The molecular weight excluding hydrogens is 254 g/mol. The van der Waals surface area contributed by atoms with Crippen LogP contribution in [0.5, 0.6) is 5.75 Å². The number of phenolic OH excluding ortho intramolecular Hbond substituents is 1. The molecule has 0 bridgehead atoms. The Kier molecular flexibility index (Phi) is 4.59. The van der Waals surface area contributed by atoms with Gasteiger partial charge in [0.15, 0.2) is 0 Å². The number of hydrogen-bond donors (Lipinski definition) is 2. The van der Waals surface area contributed by atoms with Gasteiger partial charge in [0.1, 0.15) is 5.75 Å². The van der Waals surface area contributed by atoms with Crippen LogP contribution in [0.3, 0.4) is 0 Å². The summed E-state index contributed by atoms with van der Waals surface area (Å²) < 4.78 is 31.1. The Hall–Kier alpha value is -1.27. The molecule has 1 aromatic rings. The van der Waals surface area contributed by atoms with E-state index in [9.17, 15) is 13.5 Å². The maximum atomic E-state index is 11.8. The highest BCUT2D eigenvalue weighted by Crippen LogP contribution is 2.26. The molecule has 102 valence electrons. The topological polar surface area (TPSA) is 75.6 Å². The average Bonchev–Trinajstić information content (AvgIpc) is 2.24. The maximum Gasteiger partial charge on any atom is 0.235 e. The third kappa shape index (κ3) is 3.89. The Morgan fingerprint density at radius 2 is 1.83 bits per heavy atom. The lowest BCUT2D eigenvalue weighted by Crippen LogP contribution is -2.25. The molecule has 18 heavy (non-hydrogen) atoms. The van der Waals surface area contributed by atoms with Crippen LogP contribution in [-0.2, 0) is 14.8 Å². The van der Waals surface area contributed by atoms with E-state index in [1.54, 1.807) is 32.9 Å². The Morgan fingerprint density at radius 1 is 1.33 bits per heavy atom. The van der Waals surface area contributed by atoms with Crippen molar-refractivity contribution in [2.45, 2.75) is 26.9 Å². The third-order valence-corrected chi connectivity index (χ3v) is 4.08. The molecule has 0 fully saturated rings.